The summed E-state index contributed by atoms with van der Waals surface area (Å²) in [5, 5.41) is 9.54. The predicted octanol–water partition coefficient (Wildman–Crippen LogP) is 3.29. The monoisotopic (exact) mass is 494 g/mol. The van der Waals surface area contributed by atoms with Gasteiger partial charge in [0.1, 0.15) is 17.5 Å². The minimum atomic E-state index is -4.14. The Morgan fingerprint density at radius 2 is 1.40 bits per heavy atom. The highest BCUT2D eigenvalue weighted by Crippen LogP contribution is 2.24. The molecule has 0 saturated carbocycles. The van der Waals surface area contributed by atoms with Gasteiger partial charge in [0.15, 0.2) is 0 Å². The molecule has 3 aromatic rings. The molecule has 4 rings (SSSR count). The smallest absolute Gasteiger partial charge is 0.321 e. The average molecular weight is 495 g/mol. The lowest BCUT2D eigenvalue weighted by molar-refractivity contribution is -0.139. The van der Waals surface area contributed by atoms with Crippen molar-refractivity contribution in [2.75, 3.05) is 6.54 Å². The van der Waals surface area contributed by atoms with E-state index in [4.69, 9.17) is 4.74 Å². The Kier molecular flexibility index (Phi) is 6.94. The zero-order chi connectivity index (χ0) is 25.0. The van der Waals surface area contributed by atoms with Crippen LogP contribution in [0.2, 0.25) is 0 Å². The Labute approximate surface area is 202 Å². The Hall–Kier alpha value is -4.02. The minimum Gasteiger partial charge on any atom is -0.480 e. The molecule has 10 heteroatoms. The number of fused-ring (bicyclic) bond motifs is 1. The zero-order valence-electron chi connectivity index (χ0n) is 18.5. The molecule has 180 valence electrons. The lowest BCUT2D eigenvalue weighted by Crippen LogP contribution is -2.41. The fourth-order valence-corrected chi connectivity index (χ4v) is 4.92. The van der Waals surface area contributed by atoms with Crippen molar-refractivity contribution < 1.29 is 32.6 Å². The molecule has 3 aromatic carbocycles. The number of carboxylic acids is 1. The first-order chi connectivity index (χ1) is 16.8. The topological polar surface area (TPSA) is 130 Å². The molecule has 35 heavy (non-hydrogen) atoms. The van der Waals surface area contributed by atoms with E-state index in [1.54, 1.807) is 48.5 Å². The summed E-state index contributed by atoms with van der Waals surface area (Å²) in [5.74, 6) is -1.25. The van der Waals surface area contributed by atoms with E-state index in [1.807, 2.05) is 6.07 Å². The summed E-state index contributed by atoms with van der Waals surface area (Å²) >= 11 is 0. The number of ether oxygens (including phenoxy) is 1. The maximum absolute atomic E-state index is 12.8. The highest BCUT2D eigenvalue weighted by Gasteiger charge is 2.35. The van der Waals surface area contributed by atoms with Gasteiger partial charge >= 0.3 is 5.97 Å². The van der Waals surface area contributed by atoms with Crippen LogP contribution in [0.4, 0.5) is 0 Å². The number of hydrogen-bond acceptors (Lipinski definition) is 6. The zero-order valence-corrected chi connectivity index (χ0v) is 19.3. The van der Waals surface area contributed by atoms with Gasteiger partial charge in [0.25, 0.3) is 11.8 Å². The molecular formula is C25H22N2O7S. The van der Waals surface area contributed by atoms with Crippen LogP contribution in [0.1, 0.15) is 33.6 Å². The second-order valence-electron chi connectivity index (χ2n) is 7.85. The number of hydrogen-bond donors (Lipinski definition) is 2. The molecule has 9 nitrogen and oxygen atoms in total. The van der Waals surface area contributed by atoms with Crippen LogP contribution in [0.25, 0.3) is 0 Å². The number of carboxylic acid groups (broad SMARTS) is 1. The molecule has 1 heterocycles. The number of nitrogens with one attached hydrogen (secondary N) is 1. The van der Waals surface area contributed by atoms with Crippen LogP contribution in [0.15, 0.2) is 83.8 Å². The van der Waals surface area contributed by atoms with Gasteiger partial charge < -0.3 is 9.84 Å². The lowest BCUT2D eigenvalue weighted by atomic mass is 10.1. The standard InChI is InChI=1S/C25H22N2O7S/c28-23-20-9-4-5-10-21(20)24(29)27(23)16-6-11-22(25(30)31)26-35(32,33)19-14-12-18(13-15-19)34-17-7-2-1-3-8-17/h1-5,7-10,12-15,22,26H,6,11,16H2,(H,30,31)/t22-/m1/s1. The summed E-state index contributed by atoms with van der Waals surface area (Å²) in [6.07, 6.45) is -0.00796. The van der Waals surface area contributed by atoms with E-state index in [1.165, 1.54) is 24.3 Å². The first-order valence-corrected chi connectivity index (χ1v) is 12.3. The first kappa shape index (κ1) is 24.1. The van der Waals surface area contributed by atoms with Crippen molar-refractivity contribution in [1.29, 1.82) is 0 Å². The van der Waals surface area contributed by atoms with Crippen LogP contribution in [0.3, 0.4) is 0 Å². The van der Waals surface area contributed by atoms with E-state index in [0.717, 1.165) is 4.90 Å². The first-order valence-electron chi connectivity index (χ1n) is 10.8. The van der Waals surface area contributed by atoms with Gasteiger partial charge in [0.2, 0.25) is 10.0 Å². The number of nitrogens with zero attached hydrogens (tertiary/aromatic N) is 1. The van der Waals surface area contributed by atoms with E-state index in [2.05, 4.69) is 4.72 Å². The number of benzene rings is 3. The molecule has 0 aliphatic carbocycles. The minimum absolute atomic E-state index is 0.0244. The molecule has 0 fully saturated rings. The van der Waals surface area contributed by atoms with Crippen molar-refractivity contribution in [2.45, 2.75) is 23.8 Å². The number of imide groups is 1. The van der Waals surface area contributed by atoms with Crippen LogP contribution in [-0.2, 0) is 14.8 Å². The van der Waals surface area contributed by atoms with E-state index < -0.39 is 33.8 Å². The van der Waals surface area contributed by atoms with E-state index in [0.29, 0.717) is 22.6 Å². The van der Waals surface area contributed by atoms with Gasteiger partial charge in [0.05, 0.1) is 16.0 Å². The summed E-state index contributed by atoms with van der Waals surface area (Å²) in [6.45, 7) is -0.0244. The van der Waals surface area contributed by atoms with Gasteiger partial charge in [0, 0.05) is 6.54 Å². The van der Waals surface area contributed by atoms with Crippen LogP contribution < -0.4 is 9.46 Å². The molecule has 0 aromatic heterocycles. The molecule has 0 unspecified atom stereocenters. The Morgan fingerprint density at radius 3 is 1.97 bits per heavy atom. The Bertz CT molecular complexity index is 1320. The predicted molar refractivity (Wildman–Crippen MR) is 126 cm³/mol. The molecule has 2 amide bonds. The largest absolute Gasteiger partial charge is 0.480 e. The number of rotatable bonds is 10. The van der Waals surface area contributed by atoms with Crippen molar-refractivity contribution >= 4 is 27.8 Å². The summed E-state index contributed by atoms with van der Waals surface area (Å²) in [7, 11) is -4.14. The highest BCUT2D eigenvalue weighted by molar-refractivity contribution is 7.89. The maximum atomic E-state index is 12.8. The van der Waals surface area contributed by atoms with Gasteiger partial charge in [-0.15, -0.1) is 0 Å². The van der Waals surface area contributed by atoms with Crippen molar-refractivity contribution in [2.24, 2.45) is 0 Å². The van der Waals surface area contributed by atoms with Gasteiger partial charge in [-0.3, -0.25) is 19.3 Å². The highest BCUT2D eigenvalue weighted by atomic mass is 32.2. The van der Waals surface area contributed by atoms with Gasteiger partial charge in [-0.25, -0.2) is 8.42 Å². The van der Waals surface area contributed by atoms with E-state index in [9.17, 15) is 27.9 Å². The van der Waals surface area contributed by atoms with Crippen LogP contribution >= 0.6 is 0 Å². The van der Waals surface area contributed by atoms with E-state index >= 15 is 0 Å². The van der Waals surface area contributed by atoms with E-state index in [-0.39, 0.29) is 24.3 Å². The second kappa shape index (κ2) is 10.1. The molecule has 0 bridgehead atoms. The lowest BCUT2D eigenvalue weighted by Gasteiger charge is -2.17. The van der Waals surface area contributed by atoms with Crippen LogP contribution in [0, 0.1) is 0 Å². The molecule has 2 N–H and O–H groups in total. The summed E-state index contributed by atoms with van der Waals surface area (Å²) in [4.78, 5) is 37.5. The second-order valence-corrected chi connectivity index (χ2v) is 9.56. The van der Waals surface area contributed by atoms with Crippen molar-refractivity contribution in [3.8, 4) is 11.5 Å². The molecular weight excluding hydrogens is 472 g/mol. The number of sulfonamides is 1. The van der Waals surface area contributed by atoms with Gasteiger partial charge in [-0.1, -0.05) is 30.3 Å². The van der Waals surface area contributed by atoms with Crippen molar-refractivity contribution in [1.82, 2.24) is 9.62 Å². The Morgan fingerprint density at radius 1 is 0.857 bits per heavy atom. The number of amides is 2. The Balaban J connectivity index is 1.37. The van der Waals surface area contributed by atoms with Crippen LogP contribution in [0.5, 0.6) is 11.5 Å². The molecule has 1 atom stereocenters. The number of carbonyl (C=O) groups is 3. The average Bonchev–Trinajstić information content (AvgIpc) is 3.09. The fraction of sp³-hybridized carbons (Fsp3) is 0.160. The molecule has 0 spiro atoms. The normalized spacial score (nSPS) is 14.0. The van der Waals surface area contributed by atoms with Crippen LogP contribution in [-0.4, -0.2) is 48.8 Å². The van der Waals surface area contributed by atoms with Gasteiger partial charge in [-0.05, 0) is 61.4 Å². The SMILES string of the molecule is O=C(O)[C@@H](CCCN1C(=O)c2ccccc2C1=O)NS(=O)(=O)c1ccc(Oc2ccccc2)cc1. The number of carbonyl (C=O) groups excluding carboxylic acids is 2. The molecule has 1 aliphatic rings. The third kappa shape index (κ3) is 5.39. The third-order valence-electron chi connectivity index (χ3n) is 5.46. The maximum Gasteiger partial charge on any atom is 0.321 e. The summed E-state index contributed by atoms with van der Waals surface area (Å²) in [5.41, 5.74) is 0.598. The quantitative estimate of drug-likeness (QED) is 0.414. The molecule has 0 saturated heterocycles. The van der Waals surface area contributed by atoms with Crippen molar-refractivity contribution in [3.63, 3.8) is 0 Å². The van der Waals surface area contributed by atoms with Crippen molar-refractivity contribution in [3.05, 3.63) is 90.0 Å². The summed E-state index contributed by atoms with van der Waals surface area (Å²) in [6, 6.07) is 19.5. The number of aliphatic carboxylic acids is 1. The number of para-hydroxylation sites is 1. The fourth-order valence-electron chi connectivity index (χ4n) is 3.70. The third-order valence-corrected chi connectivity index (χ3v) is 6.95. The van der Waals surface area contributed by atoms with Gasteiger partial charge in [-0.2, -0.15) is 4.72 Å². The summed E-state index contributed by atoms with van der Waals surface area (Å²) < 4.78 is 33.3. The molecule has 0 radical (unpaired) electrons. The molecule has 1 aliphatic heterocycles.